The van der Waals surface area contributed by atoms with Gasteiger partial charge in [0, 0.05) is 6.20 Å². The fourth-order valence-electron chi connectivity index (χ4n) is 1.92. The Labute approximate surface area is 138 Å². The zero-order valence-electron chi connectivity index (χ0n) is 13.0. The van der Waals surface area contributed by atoms with E-state index in [9.17, 15) is 9.59 Å². The predicted octanol–water partition coefficient (Wildman–Crippen LogP) is 3.17. The van der Waals surface area contributed by atoms with Gasteiger partial charge in [0.05, 0.1) is 17.8 Å². The molecule has 0 spiro atoms. The molecule has 0 unspecified atom stereocenters. The minimum atomic E-state index is -0.977. The number of rotatable bonds is 5. The number of hydrogen-bond donors (Lipinski definition) is 2. The summed E-state index contributed by atoms with van der Waals surface area (Å²) in [6.45, 7) is 3.38. The molecule has 0 aliphatic heterocycles. The molecular formula is C16H17ClN2O4. The highest BCUT2D eigenvalue weighted by Gasteiger charge is 2.21. The van der Waals surface area contributed by atoms with Crippen molar-refractivity contribution in [2.75, 3.05) is 12.4 Å². The van der Waals surface area contributed by atoms with Gasteiger partial charge in [-0.3, -0.25) is 4.79 Å². The molecule has 1 aromatic heterocycles. The average molecular weight is 337 g/mol. The van der Waals surface area contributed by atoms with Gasteiger partial charge in [-0.25, -0.2) is 4.79 Å². The Bertz CT molecular complexity index is 727. The molecule has 0 aliphatic rings. The molecule has 1 aromatic carbocycles. The standard InChI is InChI=1S/C16H17ClN2O4/c1-9-4-5-14(22-3)12(6-9)19-15(20)10(2)23-16(21)13-7-11(17)8-18-13/h4-8,10,18H,1-3H3,(H,19,20)/t10-/m1/s1. The lowest BCUT2D eigenvalue weighted by Crippen LogP contribution is -2.30. The molecule has 1 atom stereocenters. The second kappa shape index (κ2) is 7.19. The van der Waals surface area contributed by atoms with Crippen LogP contribution in [0.25, 0.3) is 0 Å². The van der Waals surface area contributed by atoms with Crippen molar-refractivity contribution >= 4 is 29.2 Å². The van der Waals surface area contributed by atoms with Gasteiger partial charge >= 0.3 is 5.97 Å². The van der Waals surface area contributed by atoms with Crippen LogP contribution in [0.3, 0.4) is 0 Å². The van der Waals surface area contributed by atoms with Crippen LogP contribution in [0.1, 0.15) is 23.0 Å². The maximum atomic E-state index is 12.2. The number of carbonyl (C=O) groups excluding carboxylic acids is 2. The molecule has 1 amide bonds. The highest BCUT2D eigenvalue weighted by atomic mass is 35.5. The minimum absolute atomic E-state index is 0.183. The molecule has 6 nitrogen and oxygen atoms in total. The molecule has 0 aliphatic carbocycles. The van der Waals surface area contributed by atoms with E-state index in [2.05, 4.69) is 10.3 Å². The zero-order valence-corrected chi connectivity index (χ0v) is 13.7. The molecule has 0 radical (unpaired) electrons. The first kappa shape index (κ1) is 16.9. The van der Waals surface area contributed by atoms with Crippen molar-refractivity contribution < 1.29 is 19.1 Å². The van der Waals surface area contributed by atoms with Gasteiger partial charge in [-0.05, 0) is 37.6 Å². The van der Waals surface area contributed by atoms with Gasteiger partial charge in [0.15, 0.2) is 6.10 Å². The van der Waals surface area contributed by atoms with Crippen molar-refractivity contribution in [3.8, 4) is 5.75 Å². The summed E-state index contributed by atoms with van der Waals surface area (Å²) in [5.41, 5.74) is 1.66. The normalized spacial score (nSPS) is 11.7. The van der Waals surface area contributed by atoms with E-state index >= 15 is 0 Å². The highest BCUT2D eigenvalue weighted by molar-refractivity contribution is 6.30. The number of hydrogen-bond acceptors (Lipinski definition) is 4. The number of ether oxygens (including phenoxy) is 2. The fourth-order valence-corrected chi connectivity index (χ4v) is 2.08. The molecular weight excluding hydrogens is 320 g/mol. The Balaban J connectivity index is 2.03. The van der Waals surface area contributed by atoms with Gasteiger partial charge in [0.1, 0.15) is 11.4 Å². The predicted molar refractivity (Wildman–Crippen MR) is 87.0 cm³/mol. The molecule has 0 bridgehead atoms. The third kappa shape index (κ3) is 4.26. The van der Waals surface area contributed by atoms with Crippen molar-refractivity contribution in [3.63, 3.8) is 0 Å². The first-order valence-electron chi connectivity index (χ1n) is 6.91. The number of aryl methyl sites for hydroxylation is 1. The fraction of sp³-hybridized carbons (Fsp3) is 0.250. The Morgan fingerprint density at radius 3 is 2.65 bits per heavy atom. The molecule has 2 rings (SSSR count). The number of halogens is 1. The lowest BCUT2D eigenvalue weighted by molar-refractivity contribution is -0.123. The molecule has 0 saturated carbocycles. The Morgan fingerprint density at radius 2 is 2.04 bits per heavy atom. The van der Waals surface area contributed by atoms with E-state index in [4.69, 9.17) is 21.1 Å². The van der Waals surface area contributed by atoms with Crippen LogP contribution >= 0.6 is 11.6 Å². The number of anilines is 1. The van der Waals surface area contributed by atoms with Gasteiger partial charge in [-0.1, -0.05) is 17.7 Å². The second-order valence-electron chi connectivity index (χ2n) is 4.97. The summed E-state index contributed by atoms with van der Waals surface area (Å²) in [5.74, 6) is -0.589. The molecule has 1 heterocycles. The third-order valence-electron chi connectivity index (χ3n) is 3.13. The molecule has 0 fully saturated rings. The number of H-pyrrole nitrogens is 1. The molecule has 2 N–H and O–H groups in total. The van der Waals surface area contributed by atoms with E-state index in [1.54, 1.807) is 12.1 Å². The van der Waals surface area contributed by atoms with E-state index in [0.29, 0.717) is 16.5 Å². The first-order valence-corrected chi connectivity index (χ1v) is 7.29. The lowest BCUT2D eigenvalue weighted by Gasteiger charge is -2.15. The largest absolute Gasteiger partial charge is 0.495 e. The molecule has 23 heavy (non-hydrogen) atoms. The molecule has 122 valence electrons. The van der Waals surface area contributed by atoms with Crippen LogP contribution < -0.4 is 10.1 Å². The van der Waals surface area contributed by atoms with E-state index in [0.717, 1.165) is 5.56 Å². The summed E-state index contributed by atoms with van der Waals surface area (Å²) in [7, 11) is 1.51. The zero-order chi connectivity index (χ0) is 17.0. The van der Waals surface area contributed by atoms with Crippen molar-refractivity contribution in [3.05, 3.63) is 46.7 Å². The minimum Gasteiger partial charge on any atom is -0.495 e. The molecule has 7 heteroatoms. The summed E-state index contributed by atoms with van der Waals surface area (Å²) in [5, 5.41) is 3.07. The van der Waals surface area contributed by atoms with Crippen LogP contribution in [0.4, 0.5) is 5.69 Å². The Kier molecular flexibility index (Phi) is 5.28. The number of benzene rings is 1. The van der Waals surface area contributed by atoms with Crippen LogP contribution in [-0.4, -0.2) is 30.1 Å². The quantitative estimate of drug-likeness (QED) is 0.822. The maximum Gasteiger partial charge on any atom is 0.355 e. The van der Waals surface area contributed by atoms with Crippen molar-refractivity contribution in [1.29, 1.82) is 0 Å². The van der Waals surface area contributed by atoms with Crippen molar-refractivity contribution in [2.24, 2.45) is 0 Å². The summed E-state index contributed by atoms with van der Waals surface area (Å²) in [4.78, 5) is 26.7. The summed E-state index contributed by atoms with van der Waals surface area (Å²) in [6.07, 6.45) is 0.482. The van der Waals surface area contributed by atoms with Gasteiger partial charge in [0.25, 0.3) is 5.91 Å². The number of amides is 1. The topological polar surface area (TPSA) is 80.4 Å². The van der Waals surface area contributed by atoms with E-state index in [-0.39, 0.29) is 5.69 Å². The number of esters is 1. The van der Waals surface area contributed by atoms with Crippen LogP contribution in [0, 0.1) is 6.92 Å². The van der Waals surface area contributed by atoms with Crippen LogP contribution in [0.5, 0.6) is 5.75 Å². The number of carbonyl (C=O) groups is 2. The van der Waals surface area contributed by atoms with Gasteiger partial charge in [-0.2, -0.15) is 0 Å². The van der Waals surface area contributed by atoms with Crippen molar-refractivity contribution in [2.45, 2.75) is 20.0 Å². The van der Waals surface area contributed by atoms with Crippen LogP contribution in [0.2, 0.25) is 5.02 Å². The first-order chi connectivity index (χ1) is 10.9. The molecule has 2 aromatic rings. The van der Waals surface area contributed by atoms with Crippen LogP contribution in [-0.2, 0) is 9.53 Å². The van der Waals surface area contributed by atoms with E-state index in [1.807, 2.05) is 13.0 Å². The number of aromatic nitrogens is 1. The summed E-state index contributed by atoms with van der Waals surface area (Å²) >= 11 is 5.73. The Hall–Kier alpha value is -2.47. The van der Waals surface area contributed by atoms with E-state index < -0.39 is 18.0 Å². The Morgan fingerprint density at radius 1 is 1.30 bits per heavy atom. The summed E-state index contributed by atoms with van der Waals surface area (Å²) < 4.78 is 10.3. The number of nitrogens with one attached hydrogen (secondary N) is 2. The lowest BCUT2D eigenvalue weighted by atomic mass is 10.2. The number of methoxy groups -OCH3 is 1. The number of aromatic amines is 1. The third-order valence-corrected chi connectivity index (χ3v) is 3.35. The SMILES string of the molecule is COc1ccc(C)cc1NC(=O)[C@@H](C)OC(=O)c1cc(Cl)c[nH]1. The van der Waals surface area contributed by atoms with Crippen molar-refractivity contribution in [1.82, 2.24) is 4.98 Å². The monoisotopic (exact) mass is 336 g/mol. The van der Waals surface area contributed by atoms with Gasteiger partial charge in [0.2, 0.25) is 0 Å². The van der Waals surface area contributed by atoms with Crippen LogP contribution in [0.15, 0.2) is 30.5 Å². The molecule has 0 saturated heterocycles. The highest BCUT2D eigenvalue weighted by Crippen LogP contribution is 2.25. The average Bonchev–Trinajstić information content (AvgIpc) is 2.94. The van der Waals surface area contributed by atoms with E-state index in [1.165, 1.54) is 26.3 Å². The van der Waals surface area contributed by atoms with Gasteiger partial charge < -0.3 is 19.8 Å². The maximum absolute atomic E-state index is 12.2. The van der Waals surface area contributed by atoms with Gasteiger partial charge in [-0.15, -0.1) is 0 Å². The summed E-state index contributed by atoms with van der Waals surface area (Å²) in [6, 6.07) is 6.82. The second-order valence-corrected chi connectivity index (χ2v) is 5.41. The smallest absolute Gasteiger partial charge is 0.355 e.